The molecular formula is C32H62N2O5Si2. The average molecular weight is 611 g/mol. The smallest absolute Gasteiger partial charge is 0.404 e. The predicted molar refractivity (Wildman–Crippen MR) is 173 cm³/mol. The van der Waals surface area contributed by atoms with Crippen LogP contribution in [0.1, 0.15) is 100 Å². The van der Waals surface area contributed by atoms with Gasteiger partial charge in [-0.25, -0.2) is 4.79 Å². The molecule has 0 aromatic rings. The molecule has 238 valence electrons. The molecule has 9 heteroatoms. The highest BCUT2D eigenvalue weighted by Crippen LogP contribution is 2.62. The molecule has 3 fully saturated rings. The number of hydrogen-bond acceptors (Lipinski definition) is 5. The quantitative estimate of drug-likeness (QED) is 0.145. The highest BCUT2D eigenvalue weighted by Gasteiger charge is 2.58. The first kappa shape index (κ1) is 34.6. The number of nitrogens with one attached hydrogen (secondary N) is 1. The molecule has 3 N–H and O–H groups in total. The van der Waals surface area contributed by atoms with Crippen LogP contribution in [0.2, 0.25) is 36.3 Å². The van der Waals surface area contributed by atoms with Crippen molar-refractivity contribution < 1.29 is 24.0 Å². The minimum Gasteiger partial charge on any atom is -0.465 e. The highest BCUT2D eigenvalue weighted by atomic mass is 28.4. The van der Waals surface area contributed by atoms with Crippen LogP contribution in [0, 0.1) is 34.5 Å². The Balaban J connectivity index is 1.97. The molecular weight excluding hydrogens is 549 g/mol. The molecule has 0 unspecified atom stereocenters. The van der Waals surface area contributed by atoms with Crippen LogP contribution in [0.15, 0.2) is 5.16 Å². The lowest BCUT2D eigenvalue weighted by molar-refractivity contribution is -0.0868. The van der Waals surface area contributed by atoms with Gasteiger partial charge in [-0.2, -0.15) is 0 Å². The summed E-state index contributed by atoms with van der Waals surface area (Å²) in [6.07, 6.45) is 6.14. The second kappa shape index (κ2) is 11.9. The summed E-state index contributed by atoms with van der Waals surface area (Å²) in [7, 11) is -3.88. The largest absolute Gasteiger partial charge is 0.465 e. The van der Waals surface area contributed by atoms with E-state index in [1.165, 1.54) is 0 Å². The number of fused-ring (bicyclic) bond motifs is 1. The van der Waals surface area contributed by atoms with E-state index in [1.807, 2.05) is 0 Å². The van der Waals surface area contributed by atoms with Gasteiger partial charge in [0.05, 0.1) is 5.71 Å². The topological polar surface area (TPSA) is 100 Å². The Morgan fingerprint density at radius 1 is 0.976 bits per heavy atom. The van der Waals surface area contributed by atoms with E-state index in [0.717, 1.165) is 57.3 Å². The molecule has 7 nitrogen and oxygen atoms in total. The van der Waals surface area contributed by atoms with Crippen LogP contribution in [0.4, 0.5) is 4.79 Å². The standard InChI is InChI=1S/C32H62N2O5Si2/c1-29(2,3)40(9,10)38-21-22-19-23(39-41(11,12)30(4,5)6)15-17-31(22,7)26-16-18-32(8)25(13-14-27(32)34-37)24(26)20-33-28(35)36/h22-26,33,37H,13-21H2,1-12H3,(H,35,36)/b34-27-/t22-,23+,24+,25+,26+,31-,32+/m1/s1. The molecule has 3 rings (SSSR count). The van der Waals surface area contributed by atoms with Crippen molar-refractivity contribution in [2.75, 3.05) is 13.2 Å². The first-order chi connectivity index (χ1) is 18.6. The molecule has 0 spiro atoms. The first-order valence-electron chi connectivity index (χ1n) is 16.1. The van der Waals surface area contributed by atoms with Crippen LogP contribution in [-0.2, 0) is 8.85 Å². The second-order valence-corrected chi connectivity index (χ2v) is 26.7. The van der Waals surface area contributed by atoms with Gasteiger partial charge in [-0.3, -0.25) is 0 Å². The molecule has 0 saturated heterocycles. The molecule has 3 aliphatic rings. The minimum atomic E-state index is -1.96. The van der Waals surface area contributed by atoms with Crippen LogP contribution in [0.5, 0.6) is 0 Å². The second-order valence-electron chi connectivity index (χ2n) is 17.2. The van der Waals surface area contributed by atoms with E-state index in [4.69, 9.17) is 8.85 Å². The lowest BCUT2D eigenvalue weighted by atomic mass is 9.49. The van der Waals surface area contributed by atoms with Crippen LogP contribution < -0.4 is 5.32 Å². The minimum absolute atomic E-state index is 0.0148. The van der Waals surface area contributed by atoms with E-state index in [2.05, 4.69) is 92.1 Å². The van der Waals surface area contributed by atoms with Gasteiger partial charge in [-0.05, 0) is 110 Å². The van der Waals surface area contributed by atoms with Crippen LogP contribution in [0.25, 0.3) is 0 Å². The number of hydrogen-bond donors (Lipinski definition) is 3. The van der Waals surface area contributed by atoms with E-state index in [0.29, 0.717) is 24.3 Å². The molecule has 3 aliphatic carbocycles. The number of oxime groups is 1. The molecule has 3 saturated carbocycles. The maximum Gasteiger partial charge on any atom is 0.404 e. The summed E-state index contributed by atoms with van der Waals surface area (Å²) in [5, 5.41) is 26.3. The zero-order valence-corrected chi connectivity index (χ0v) is 30.3. The lowest BCUT2D eigenvalue weighted by Crippen LogP contribution is -2.56. The predicted octanol–water partition coefficient (Wildman–Crippen LogP) is 8.75. The summed E-state index contributed by atoms with van der Waals surface area (Å²) in [5.41, 5.74) is 0.749. The van der Waals surface area contributed by atoms with Gasteiger partial charge in [0.25, 0.3) is 0 Å². The Labute approximate surface area is 252 Å². The summed E-state index contributed by atoms with van der Waals surface area (Å²) < 4.78 is 14.0. The zero-order chi connectivity index (χ0) is 31.2. The SMILES string of the molecule is CC(C)(C)[Si](C)(C)OC[C@H]1C[C@@H](O[Si](C)(C)C(C)(C)C)CC[C@@]1(C)[C@H]1CC[C@]2(C)/C(=N\O)CC[C@H]2[C@@H]1CNC(=O)O. The normalized spacial score (nSPS) is 36.3. The van der Waals surface area contributed by atoms with Gasteiger partial charge in [0, 0.05) is 24.7 Å². The van der Waals surface area contributed by atoms with E-state index in [-0.39, 0.29) is 32.9 Å². The summed E-state index contributed by atoms with van der Waals surface area (Å²) in [6, 6.07) is 0. The van der Waals surface area contributed by atoms with Crippen LogP contribution in [-0.4, -0.2) is 58.0 Å². The third kappa shape index (κ3) is 6.93. The summed E-state index contributed by atoms with van der Waals surface area (Å²) in [5.74, 6) is 1.21. The Kier molecular flexibility index (Phi) is 10.0. The van der Waals surface area contributed by atoms with Gasteiger partial charge in [0.2, 0.25) is 0 Å². The molecule has 0 radical (unpaired) electrons. The molecule has 7 atom stereocenters. The van der Waals surface area contributed by atoms with Crippen molar-refractivity contribution in [1.82, 2.24) is 5.32 Å². The van der Waals surface area contributed by atoms with Crippen molar-refractivity contribution >= 4 is 28.4 Å². The Morgan fingerprint density at radius 2 is 1.59 bits per heavy atom. The molecule has 0 aliphatic heterocycles. The van der Waals surface area contributed by atoms with Gasteiger partial charge >= 0.3 is 6.09 Å². The molecule has 0 heterocycles. The maximum absolute atomic E-state index is 11.7. The lowest BCUT2D eigenvalue weighted by Gasteiger charge is -2.57. The number of rotatable bonds is 8. The third-order valence-electron chi connectivity index (χ3n) is 12.8. The van der Waals surface area contributed by atoms with Gasteiger partial charge in [-0.15, -0.1) is 0 Å². The van der Waals surface area contributed by atoms with Gasteiger partial charge < -0.3 is 24.5 Å². The van der Waals surface area contributed by atoms with E-state index < -0.39 is 22.7 Å². The highest BCUT2D eigenvalue weighted by molar-refractivity contribution is 6.74. The summed E-state index contributed by atoms with van der Waals surface area (Å²) in [4.78, 5) is 11.7. The van der Waals surface area contributed by atoms with E-state index in [9.17, 15) is 15.1 Å². The summed E-state index contributed by atoms with van der Waals surface area (Å²) >= 11 is 0. The monoisotopic (exact) mass is 610 g/mol. The van der Waals surface area contributed by atoms with Crippen molar-refractivity contribution in [2.24, 2.45) is 39.7 Å². The van der Waals surface area contributed by atoms with Crippen molar-refractivity contribution in [3.8, 4) is 0 Å². The Bertz CT molecular complexity index is 972. The van der Waals surface area contributed by atoms with Crippen LogP contribution >= 0.6 is 0 Å². The Hall–Kier alpha value is -0.906. The number of carboxylic acid groups (broad SMARTS) is 1. The molecule has 0 bridgehead atoms. The van der Waals surface area contributed by atoms with E-state index in [1.54, 1.807) is 0 Å². The first-order valence-corrected chi connectivity index (χ1v) is 21.9. The van der Waals surface area contributed by atoms with Crippen LogP contribution in [0.3, 0.4) is 0 Å². The fraction of sp³-hybridized carbons (Fsp3) is 0.938. The average Bonchev–Trinajstić information content (AvgIpc) is 3.17. The maximum atomic E-state index is 11.7. The van der Waals surface area contributed by atoms with Gasteiger partial charge in [0.15, 0.2) is 16.6 Å². The third-order valence-corrected chi connectivity index (χ3v) is 21.9. The van der Waals surface area contributed by atoms with Crippen molar-refractivity contribution in [3.05, 3.63) is 0 Å². The number of carbonyl (C=O) groups is 1. The molecule has 1 amide bonds. The number of amides is 1. The molecule has 41 heavy (non-hydrogen) atoms. The fourth-order valence-electron chi connectivity index (χ4n) is 7.90. The zero-order valence-electron chi connectivity index (χ0n) is 28.3. The van der Waals surface area contributed by atoms with Crippen molar-refractivity contribution in [2.45, 2.75) is 143 Å². The summed E-state index contributed by atoms with van der Waals surface area (Å²) in [6.45, 7) is 29.2. The molecule has 0 aromatic heterocycles. The fourth-order valence-corrected chi connectivity index (χ4v) is 10.4. The van der Waals surface area contributed by atoms with E-state index >= 15 is 0 Å². The molecule has 0 aromatic carbocycles. The van der Waals surface area contributed by atoms with Gasteiger partial charge in [-0.1, -0.05) is 60.5 Å². The number of nitrogens with zero attached hydrogens (tertiary/aromatic N) is 1. The van der Waals surface area contributed by atoms with Crippen molar-refractivity contribution in [1.29, 1.82) is 0 Å². The Morgan fingerprint density at radius 3 is 2.12 bits per heavy atom. The van der Waals surface area contributed by atoms with Crippen molar-refractivity contribution in [3.63, 3.8) is 0 Å². The van der Waals surface area contributed by atoms with Gasteiger partial charge in [0.1, 0.15) is 0 Å².